The number of fused-ring (bicyclic) bond motifs is 1. The van der Waals surface area contributed by atoms with E-state index in [2.05, 4.69) is 0 Å². The summed E-state index contributed by atoms with van der Waals surface area (Å²) in [5, 5.41) is 11.6. The summed E-state index contributed by atoms with van der Waals surface area (Å²) in [5.41, 5.74) is 1.40. The van der Waals surface area contributed by atoms with Crippen molar-refractivity contribution in [3.05, 3.63) is 70.1 Å². The molecule has 2 heterocycles. The molecule has 26 heavy (non-hydrogen) atoms. The standard InChI is InChI=1S/C20H17F2NO2S/c21-15-5-4-14(17(22)11-15)10-13-2-1-3-18-16(13)12-19(26-18)20(24)23-6-8-25-9-7-23/h1-5,11-12H,6-10H2/p+1. The van der Waals surface area contributed by atoms with Crippen LogP contribution in [0.4, 0.5) is 8.78 Å². The van der Waals surface area contributed by atoms with Gasteiger partial charge in [-0.2, -0.15) is 4.58 Å². The van der Waals surface area contributed by atoms with Crippen molar-refractivity contribution in [1.29, 1.82) is 0 Å². The number of morpholine rings is 1. The van der Waals surface area contributed by atoms with E-state index in [1.807, 2.05) is 28.8 Å². The van der Waals surface area contributed by atoms with E-state index in [-0.39, 0.29) is 5.90 Å². The Morgan fingerprint density at radius 2 is 1.88 bits per heavy atom. The van der Waals surface area contributed by atoms with Crippen molar-refractivity contribution in [3.8, 4) is 0 Å². The predicted molar refractivity (Wildman–Crippen MR) is 98.5 cm³/mol. The van der Waals surface area contributed by atoms with Gasteiger partial charge in [0.15, 0.2) is 13.1 Å². The van der Waals surface area contributed by atoms with Gasteiger partial charge >= 0.3 is 5.90 Å². The fourth-order valence-electron chi connectivity index (χ4n) is 3.19. The second-order valence-corrected chi connectivity index (χ2v) is 7.36. The maximum atomic E-state index is 14.0. The summed E-state index contributed by atoms with van der Waals surface area (Å²) >= 11 is 1.51. The quantitative estimate of drug-likeness (QED) is 0.553. The molecule has 4 rings (SSSR count). The van der Waals surface area contributed by atoms with Gasteiger partial charge in [-0.15, -0.1) is 11.3 Å². The minimum atomic E-state index is -0.577. The second kappa shape index (κ2) is 7.13. The Morgan fingerprint density at radius 1 is 1.08 bits per heavy atom. The number of halogens is 2. The highest BCUT2D eigenvalue weighted by atomic mass is 32.1. The zero-order valence-corrected chi connectivity index (χ0v) is 14.9. The van der Waals surface area contributed by atoms with E-state index >= 15 is 0 Å². The highest BCUT2D eigenvalue weighted by Crippen LogP contribution is 2.30. The summed E-state index contributed by atoms with van der Waals surface area (Å²) in [6, 6.07) is 11.5. The number of aliphatic hydroxyl groups excluding tert-OH is 1. The van der Waals surface area contributed by atoms with E-state index in [4.69, 9.17) is 4.74 Å². The molecular formula is C20H18F2NO2S+. The molecule has 0 atom stereocenters. The van der Waals surface area contributed by atoms with Gasteiger partial charge in [-0.3, -0.25) is 0 Å². The van der Waals surface area contributed by atoms with Crippen molar-refractivity contribution in [2.75, 3.05) is 26.3 Å². The summed E-state index contributed by atoms with van der Waals surface area (Å²) in [7, 11) is 0. The molecule has 0 unspecified atom stereocenters. The summed E-state index contributed by atoms with van der Waals surface area (Å²) in [4.78, 5) is 0.786. The Balaban J connectivity index is 1.72. The first-order chi connectivity index (χ1) is 12.6. The van der Waals surface area contributed by atoms with E-state index in [0.29, 0.717) is 38.3 Å². The van der Waals surface area contributed by atoms with E-state index in [1.54, 1.807) is 0 Å². The smallest absolute Gasteiger partial charge is 0.377 e. The van der Waals surface area contributed by atoms with E-state index in [0.717, 1.165) is 26.6 Å². The molecule has 0 radical (unpaired) electrons. The highest BCUT2D eigenvalue weighted by Gasteiger charge is 2.22. The van der Waals surface area contributed by atoms with Crippen LogP contribution < -0.4 is 0 Å². The molecule has 0 amide bonds. The van der Waals surface area contributed by atoms with Crippen molar-refractivity contribution in [2.45, 2.75) is 6.42 Å². The molecule has 1 aromatic heterocycles. The van der Waals surface area contributed by atoms with Gasteiger partial charge in [-0.05, 0) is 34.7 Å². The van der Waals surface area contributed by atoms with Crippen molar-refractivity contribution < 1.29 is 23.2 Å². The number of aliphatic hydroxyl groups is 1. The third-order valence-corrected chi connectivity index (χ3v) is 5.68. The number of benzene rings is 2. The van der Waals surface area contributed by atoms with Gasteiger partial charge in [-0.25, -0.2) is 8.78 Å². The van der Waals surface area contributed by atoms with Crippen LogP contribution in [-0.4, -0.2) is 41.9 Å². The number of nitrogens with zero attached hydrogens (tertiary/aromatic N) is 1. The SMILES string of the molecule is OC(c1cc2c(Cc3ccc(F)cc3F)cccc2s1)=[N+]1CCOCC1. The Hall–Kier alpha value is -2.31. The van der Waals surface area contributed by atoms with E-state index in [1.165, 1.54) is 23.5 Å². The van der Waals surface area contributed by atoms with Gasteiger partial charge in [-0.1, -0.05) is 18.2 Å². The number of hydrogen-bond donors (Lipinski definition) is 1. The third-order valence-electron chi connectivity index (χ3n) is 4.58. The van der Waals surface area contributed by atoms with Crippen LogP contribution in [0.3, 0.4) is 0 Å². The van der Waals surface area contributed by atoms with Crippen LogP contribution in [0.2, 0.25) is 0 Å². The number of ether oxygens (including phenoxy) is 1. The van der Waals surface area contributed by atoms with Crippen LogP contribution in [0.5, 0.6) is 0 Å². The largest absolute Gasteiger partial charge is 0.459 e. The molecule has 3 aromatic rings. The third kappa shape index (κ3) is 3.34. The first-order valence-electron chi connectivity index (χ1n) is 8.46. The van der Waals surface area contributed by atoms with Gasteiger partial charge in [0.05, 0.1) is 0 Å². The second-order valence-electron chi connectivity index (χ2n) is 6.28. The molecular weight excluding hydrogens is 356 g/mol. The lowest BCUT2D eigenvalue weighted by molar-refractivity contribution is -0.555. The average Bonchev–Trinajstić information content (AvgIpc) is 3.09. The van der Waals surface area contributed by atoms with Crippen molar-refractivity contribution in [3.63, 3.8) is 0 Å². The number of rotatable bonds is 3. The molecule has 1 N–H and O–H groups in total. The molecule has 1 aliphatic rings. The van der Waals surface area contributed by atoms with Gasteiger partial charge < -0.3 is 9.84 Å². The minimum Gasteiger partial charge on any atom is -0.459 e. The average molecular weight is 374 g/mol. The van der Waals surface area contributed by atoms with Crippen LogP contribution in [0, 0.1) is 11.6 Å². The molecule has 0 saturated carbocycles. The molecule has 1 fully saturated rings. The fourth-order valence-corrected chi connectivity index (χ4v) is 4.27. The molecule has 0 spiro atoms. The topological polar surface area (TPSA) is 32.5 Å². The van der Waals surface area contributed by atoms with Crippen LogP contribution >= 0.6 is 11.3 Å². The predicted octanol–water partition coefficient (Wildman–Crippen LogP) is 4.12. The zero-order valence-electron chi connectivity index (χ0n) is 14.0. The number of thiophene rings is 1. The van der Waals surface area contributed by atoms with Crippen LogP contribution in [0.1, 0.15) is 16.0 Å². The molecule has 6 heteroatoms. The van der Waals surface area contributed by atoms with Crippen molar-refractivity contribution in [1.82, 2.24) is 0 Å². The van der Waals surface area contributed by atoms with Crippen molar-refractivity contribution >= 4 is 27.3 Å². The minimum absolute atomic E-state index is 0.258. The van der Waals surface area contributed by atoms with Gasteiger partial charge in [0.2, 0.25) is 0 Å². The molecule has 1 saturated heterocycles. The van der Waals surface area contributed by atoms with Gasteiger partial charge in [0, 0.05) is 17.2 Å². The lowest BCUT2D eigenvalue weighted by Gasteiger charge is -2.11. The molecule has 2 aromatic carbocycles. The molecule has 1 aliphatic heterocycles. The Morgan fingerprint density at radius 3 is 2.65 bits per heavy atom. The number of hydrogen-bond acceptors (Lipinski definition) is 2. The maximum Gasteiger partial charge on any atom is 0.377 e. The molecule has 3 nitrogen and oxygen atoms in total. The summed E-state index contributed by atoms with van der Waals surface area (Å²) in [6.07, 6.45) is 0.373. The zero-order chi connectivity index (χ0) is 18.1. The summed E-state index contributed by atoms with van der Waals surface area (Å²) in [5.74, 6) is -0.860. The molecule has 0 aliphatic carbocycles. The highest BCUT2D eigenvalue weighted by molar-refractivity contribution is 7.20. The van der Waals surface area contributed by atoms with Crippen molar-refractivity contribution in [2.24, 2.45) is 0 Å². The Bertz CT molecular complexity index is 989. The molecule has 0 bridgehead atoms. The normalized spacial score (nSPS) is 14.8. The first-order valence-corrected chi connectivity index (χ1v) is 9.28. The summed E-state index contributed by atoms with van der Waals surface area (Å²) in [6.45, 7) is 2.52. The fraction of sp³-hybridized carbons (Fsp3) is 0.250. The maximum absolute atomic E-state index is 14.0. The van der Waals surface area contributed by atoms with Crippen LogP contribution in [0.25, 0.3) is 10.1 Å². The van der Waals surface area contributed by atoms with Crippen LogP contribution in [0.15, 0.2) is 42.5 Å². The Kier molecular flexibility index (Phi) is 4.70. The van der Waals surface area contributed by atoms with Crippen LogP contribution in [-0.2, 0) is 11.2 Å². The van der Waals surface area contributed by atoms with Gasteiger partial charge in [0.1, 0.15) is 29.7 Å². The first kappa shape index (κ1) is 17.1. The van der Waals surface area contributed by atoms with E-state index < -0.39 is 11.6 Å². The lowest BCUT2D eigenvalue weighted by atomic mass is 10.0. The monoisotopic (exact) mass is 374 g/mol. The molecule has 134 valence electrons. The summed E-state index contributed by atoms with van der Waals surface area (Å²) < 4.78 is 35.4. The Labute approximate surface area is 153 Å². The van der Waals surface area contributed by atoms with Gasteiger partial charge in [0.25, 0.3) is 0 Å². The van der Waals surface area contributed by atoms with E-state index in [9.17, 15) is 13.9 Å². The lowest BCUT2D eigenvalue weighted by Crippen LogP contribution is -2.33.